The summed E-state index contributed by atoms with van der Waals surface area (Å²) in [5.41, 5.74) is 1.62. The molecule has 0 atom stereocenters. The summed E-state index contributed by atoms with van der Waals surface area (Å²) in [5.74, 6) is 0.723. The molecule has 2 aromatic carbocycles. The van der Waals surface area contributed by atoms with E-state index < -0.39 is 15.1 Å². The van der Waals surface area contributed by atoms with Gasteiger partial charge in [-0.1, -0.05) is 30.3 Å². The lowest BCUT2D eigenvalue weighted by Crippen LogP contribution is -2.45. The fourth-order valence-corrected chi connectivity index (χ4v) is 5.03. The summed E-state index contributed by atoms with van der Waals surface area (Å²) in [6.07, 6.45) is 1.80. The second-order valence-electron chi connectivity index (χ2n) is 8.28. The van der Waals surface area contributed by atoms with E-state index in [2.05, 4.69) is 11.4 Å². The predicted molar refractivity (Wildman–Crippen MR) is 120 cm³/mol. The molecular formula is C24H31NO5S. The summed E-state index contributed by atoms with van der Waals surface area (Å²) in [6.45, 7) is 5.09. The van der Waals surface area contributed by atoms with Crippen LogP contribution in [0.3, 0.4) is 0 Å². The van der Waals surface area contributed by atoms with Crippen LogP contribution in [0.2, 0.25) is 0 Å². The van der Waals surface area contributed by atoms with Crippen molar-refractivity contribution >= 4 is 15.7 Å². The third kappa shape index (κ3) is 5.28. The maximum absolute atomic E-state index is 12.7. The zero-order valence-corrected chi connectivity index (χ0v) is 19.2. The van der Waals surface area contributed by atoms with Crippen molar-refractivity contribution in [2.45, 2.75) is 48.7 Å². The lowest BCUT2D eigenvalue weighted by atomic mass is 9.73. The molecule has 31 heavy (non-hydrogen) atoms. The van der Waals surface area contributed by atoms with Gasteiger partial charge in [0.2, 0.25) is 5.91 Å². The first-order valence-corrected chi connectivity index (χ1v) is 12.1. The molecule has 168 valence electrons. The van der Waals surface area contributed by atoms with E-state index in [9.17, 15) is 13.2 Å². The van der Waals surface area contributed by atoms with Crippen LogP contribution < -0.4 is 10.1 Å². The van der Waals surface area contributed by atoms with Crippen LogP contribution in [0.25, 0.3) is 0 Å². The minimum atomic E-state index is -3.32. The predicted octanol–water partition coefficient (Wildman–Crippen LogP) is 3.28. The summed E-state index contributed by atoms with van der Waals surface area (Å²) in [7, 11) is -1.66. The molecular weight excluding hydrogens is 414 g/mol. The van der Waals surface area contributed by atoms with E-state index in [1.807, 2.05) is 18.2 Å². The molecule has 0 unspecified atom stereocenters. The summed E-state index contributed by atoms with van der Waals surface area (Å²) in [5, 5.41) is 2.61. The number of hydrogen-bond acceptors (Lipinski definition) is 5. The first kappa shape index (κ1) is 23.3. The number of methoxy groups -OCH3 is 1. The first-order valence-electron chi connectivity index (χ1n) is 10.6. The molecule has 7 heteroatoms. The van der Waals surface area contributed by atoms with Crippen LogP contribution >= 0.6 is 0 Å². The van der Waals surface area contributed by atoms with Gasteiger partial charge in [-0.3, -0.25) is 4.79 Å². The van der Waals surface area contributed by atoms with Crippen LogP contribution in [0.1, 0.15) is 37.8 Å². The van der Waals surface area contributed by atoms with Crippen molar-refractivity contribution in [2.24, 2.45) is 0 Å². The Morgan fingerprint density at radius 1 is 1.10 bits per heavy atom. The van der Waals surface area contributed by atoms with Gasteiger partial charge in [0.25, 0.3) is 0 Å². The standard InChI is InChI=1S/C24H31NO5S/c1-18(2)31(27,28)20-10-8-19(9-11-20)16-23(26)25-17-24(12-14-30-15-13-24)21-6-4-5-7-22(21)29-3/h4-11,18H,12-17H2,1-3H3,(H,25,26). The SMILES string of the molecule is COc1ccccc1C1(CNC(=O)Cc2ccc(S(=O)(=O)C(C)C)cc2)CCOCC1. The fourth-order valence-electron chi connectivity index (χ4n) is 3.97. The Balaban J connectivity index is 1.69. The highest BCUT2D eigenvalue weighted by atomic mass is 32.2. The molecule has 0 spiro atoms. The molecule has 6 nitrogen and oxygen atoms in total. The van der Waals surface area contributed by atoms with Crippen molar-refractivity contribution in [1.29, 1.82) is 0 Å². The van der Waals surface area contributed by atoms with Crippen molar-refractivity contribution in [3.63, 3.8) is 0 Å². The minimum Gasteiger partial charge on any atom is -0.496 e. The molecule has 0 aliphatic carbocycles. The van der Waals surface area contributed by atoms with E-state index in [4.69, 9.17) is 9.47 Å². The van der Waals surface area contributed by atoms with Crippen molar-refractivity contribution in [2.75, 3.05) is 26.9 Å². The average Bonchev–Trinajstić information content (AvgIpc) is 2.78. The zero-order valence-electron chi connectivity index (χ0n) is 18.4. The molecule has 3 rings (SSSR count). The van der Waals surface area contributed by atoms with Crippen molar-refractivity contribution in [3.8, 4) is 5.75 Å². The van der Waals surface area contributed by atoms with Gasteiger partial charge in [0.05, 0.1) is 23.7 Å². The van der Waals surface area contributed by atoms with E-state index in [0.29, 0.717) is 19.8 Å². The molecule has 0 bridgehead atoms. The topological polar surface area (TPSA) is 81.7 Å². The number of ether oxygens (including phenoxy) is 2. The third-order valence-corrected chi connectivity index (χ3v) is 8.16. The van der Waals surface area contributed by atoms with E-state index in [-0.39, 0.29) is 22.6 Å². The number of sulfone groups is 1. The van der Waals surface area contributed by atoms with E-state index in [1.165, 1.54) is 0 Å². The quantitative estimate of drug-likeness (QED) is 0.674. The number of para-hydroxylation sites is 1. The van der Waals surface area contributed by atoms with Gasteiger partial charge < -0.3 is 14.8 Å². The highest BCUT2D eigenvalue weighted by Gasteiger charge is 2.37. The molecule has 1 N–H and O–H groups in total. The number of nitrogens with one attached hydrogen (secondary N) is 1. The van der Waals surface area contributed by atoms with E-state index >= 15 is 0 Å². The van der Waals surface area contributed by atoms with Crippen LogP contribution in [0.15, 0.2) is 53.4 Å². The smallest absolute Gasteiger partial charge is 0.224 e. The van der Waals surface area contributed by atoms with Crippen molar-refractivity contribution in [3.05, 3.63) is 59.7 Å². The Labute approximate surface area is 184 Å². The monoisotopic (exact) mass is 445 g/mol. The van der Waals surface area contributed by atoms with Gasteiger partial charge in [-0.15, -0.1) is 0 Å². The highest BCUT2D eigenvalue weighted by molar-refractivity contribution is 7.92. The molecule has 1 saturated heterocycles. The number of benzene rings is 2. The van der Waals surface area contributed by atoms with Crippen molar-refractivity contribution in [1.82, 2.24) is 5.32 Å². The van der Waals surface area contributed by atoms with Gasteiger partial charge in [-0.25, -0.2) is 8.42 Å². The lowest BCUT2D eigenvalue weighted by molar-refractivity contribution is -0.121. The van der Waals surface area contributed by atoms with Crippen LogP contribution in [-0.2, 0) is 31.2 Å². The number of carbonyl (C=O) groups excluding carboxylic acids is 1. The Bertz CT molecular complexity index is 993. The summed E-state index contributed by atoms with van der Waals surface area (Å²) >= 11 is 0. The largest absolute Gasteiger partial charge is 0.496 e. The molecule has 0 saturated carbocycles. The average molecular weight is 446 g/mol. The van der Waals surface area contributed by atoms with Gasteiger partial charge in [0.15, 0.2) is 9.84 Å². The molecule has 1 amide bonds. The third-order valence-electron chi connectivity index (χ3n) is 5.99. The molecule has 0 aromatic heterocycles. The van der Waals surface area contributed by atoms with Gasteiger partial charge in [-0.2, -0.15) is 0 Å². The maximum Gasteiger partial charge on any atom is 0.224 e. The van der Waals surface area contributed by atoms with Crippen LogP contribution in [0.5, 0.6) is 5.75 Å². The highest BCUT2D eigenvalue weighted by Crippen LogP contribution is 2.39. The van der Waals surface area contributed by atoms with Crippen LogP contribution in [0, 0.1) is 0 Å². The van der Waals surface area contributed by atoms with E-state index in [0.717, 1.165) is 29.7 Å². The second-order valence-corrected chi connectivity index (χ2v) is 10.8. The number of rotatable bonds is 8. The van der Waals surface area contributed by atoms with Gasteiger partial charge in [0.1, 0.15) is 5.75 Å². The van der Waals surface area contributed by atoms with Gasteiger partial charge in [0, 0.05) is 30.7 Å². The fraction of sp³-hybridized carbons (Fsp3) is 0.458. The molecule has 1 aliphatic rings. The zero-order chi connectivity index (χ0) is 22.5. The molecule has 1 heterocycles. The van der Waals surface area contributed by atoms with Crippen LogP contribution in [-0.4, -0.2) is 46.4 Å². The normalized spacial score (nSPS) is 16.1. The maximum atomic E-state index is 12.7. The molecule has 1 fully saturated rings. The molecule has 1 aliphatic heterocycles. The minimum absolute atomic E-state index is 0.0970. The van der Waals surface area contributed by atoms with Crippen LogP contribution in [0.4, 0.5) is 0 Å². The summed E-state index contributed by atoms with van der Waals surface area (Å²) in [6, 6.07) is 14.5. The lowest BCUT2D eigenvalue weighted by Gasteiger charge is -2.38. The Morgan fingerprint density at radius 2 is 1.74 bits per heavy atom. The summed E-state index contributed by atoms with van der Waals surface area (Å²) in [4.78, 5) is 13.0. The Hall–Kier alpha value is -2.38. The first-order chi connectivity index (χ1) is 14.8. The second kappa shape index (κ2) is 9.83. The summed E-state index contributed by atoms with van der Waals surface area (Å²) < 4.78 is 35.7. The Kier molecular flexibility index (Phi) is 7.38. The molecule has 0 radical (unpaired) electrons. The number of hydrogen-bond donors (Lipinski definition) is 1. The van der Waals surface area contributed by atoms with Gasteiger partial charge in [-0.05, 0) is 50.5 Å². The Morgan fingerprint density at radius 3 is 2.35 bits per heavy atom. The van der Waals surface area contributed by atoms with Gasteiger partial charge >= 0.3 is 0 Å². The van der Waals surface area contributed by atoms with E-state index in [1.54, 1.807) is 45.2 Å². The number of amides is 1. The number of carbonyl (C=O) groups is 1. The van der Waals surface area contributed by atoms with Crippen molar-refractivity contribution < 1.29 is 22.7 Å². The molecule has 2 aromatic rings.